The molecule has 0 spiro atoms. The van der Waals surface area contributed by atoms with Crippen LogP contribution >= 0.6 is 0 Å². The molecule has 0 saturated heterocycles. The Labute approximate surface area is 250 Å². The van der Waals surface area contributed by atoms with Crippen molar-refractivity contribution >= 4 is 16.8 Å². The molecule has 0 aliphatic carbocycles. The van der Waals surface area contributed by atoms with E-state index >= 15 is 0 Å². The van der Waals surface area contributed by atoms with Crippen molar-refractivity contribution in [3.63, 3.8) is 0 Å². The van der Waals surface area contributed by atoms with Gasteiger partial charge in [-0.2, -0.15) is 13.2 Å². The first-order chi connectivity index (χ1) is 20.5. The van der Waals surface area contributed by atoms with Crippen LogP contribution in [0.2, 0.25) is 0 Å². The van der Waals surface area contributed by atoms with Crippen LogP contribution in [0.25, 0.3) is 22.0 Å². The molecule has 1 aromatic heterocycles. The van der Waals surface area contributed by atoms with E-state index in [-0.39, 0.29) is 24.5 Å². The Morgan fingerprint density at radius 3 is 2.42 bits per heavy atom. The van der Waals surface area contributed by atoms with Gasteiger partial charge in [0.25, 0.3) is 5.91 Å². The number of ether oxygens (including phenoxy) is 1. The van der Waals surface area contributed by atoms with E-state index in [0.29, 0.717) is 31.9 Å². The highest BCUT2D eigenvalue weighted by molar-refractivity contribution is 6.10. The minimum absolute atomic E-state index is 0.114. The number of amides is 1. The maximum Gasteiger partial charge on any atom is 0.416 e. The Morgan fingerprint density at radius 1 is 1.05 bits per heavy atom. The fourth-order valence-electron chi connectivity index (χ4n) is 6.01. The summed E-state index contributed by atoms with van der Waals surface area (Å²) in [6, 6.07) is 20.7. The molecule has 0 unspecified atom stereocenters. The molecule has 3 atom stereocenters. The number of halogens is 3. The average molecular weight is 594 g/mol. The van der Waals surface area contributed by atoms with Crippen molar-refractivity contribution in [3.8, 4) is 11.1 Å². The molecule has 5 rings (SSSR count). The molecule has 0 bridgehead atoms. The number of carbonyl (C=O) groups excluding carboxylic acids is 1. The minimum atomic E-state index is -4.38. The number of hydrogen-bond donors (Lipinski definition) is 1. The van der Waals surface area contributed by atoms with Crippen molar-refractivity contribution in [1.82, 2.24) is 14.4 Å². The number of alkyl halides is 3. The molecule has 2 heterocycles. The largest absolute Gasteiger partial charge is 0.416 e. The van der Waals surface area contributed by atoms with Crippen LogP contribution in [-0.4, -0.2) is 64.3 Å². The highest BCUT2D eigenvalue weighted by atomic mass is 19.4. The summed E-state index contributed by atoms with van der Waals surface area (Å²) in [5, 5.41) is 11.2. The lowest BCUT2D eigenvalue weighted by Gasteiger charge is -2.35. The monoisotopic (exact) mass is 593 g/mol. The van der Waals surface area contributed by atoms with E-state index in [1.165, 1.54) is 12.1 Å². The molecule has 6 nitrogen and oxygen atoms in total. The molecule has 43 heavy (non-hydrogen) atoms. The average Bonchev–Trinajstić information content (AvgIpc) is 3.28. The predicted molar refractivity (Wildman–Crippen MR) is 161 cm³/mol. The molecule has 1 aliphatic rings. The zero-order valence-corrected chi connectivity index (χ0v) is 24.9. The molecule has 0 saturated carbocycles. The minimum Gasteiger partial charge on any atom is -0.394 e. The number of likely N-dealkylation sites (N-methyl/N-ethyl adjacent to an activating group) is 1. The number of aromatic nitrogens is 1. The van der Waals surface area contributed by atoms with Gasteiger partial charge in [0.2, 0.25) is 0 Å². The highest BCUT2D eigenvalue weighted by Gasteiger charge is 2.34. The Hall–Kier alpha value is -3.66. The van der Waals surface area contributed by atoms with Gasteiger partial charge in [0.15, 0.2) is 0 Å². The summed E-state index contributed by atoms with van der Waals surface area (Å²) in [4.78, 5) is 18.2. The van der Waals surface area contributed by atoms with Crippen LogP contribution in [0.1, 0.15) is 41.0 Å². The number of para-hydroxylation sites is 1. The third-order valence-electron chi connectivity index (χ3n) is 8.45. The maximum absolute atomic E-state index is 14.4. The number of aliphatic hydroxyl groups excluding tert-OH is 1. The molecular weight excluding hydrogens is 555 g/mol. The fourth-order valence-corrected chi connectivity index (χ4v) is 6.01. The van der Waals surface area contributed by atoms with Crippen LogP contribution in [0.4, 0.5) is 13.2 Å². The van der Waals surface area contributed by atoms with Gasteiger partial charge in [-0.15, -0.1) is 0 Å². The number of hydrogen-bond acceptors (Lipinski definition) is 4. The van der Waals surface area contributed by atoms with Crippen LogP contribution in [-0.2, 0) is 31.1 Å². The predicted octanol–water partition coefficient (Wildman–Crippen LogP) is 6.35. The van der Waals surface area contributed by atoms with Crippen molar-refractivity contribution in [2.45, 2.75) is 45.3 Å². The first kappa shape index (κ1) is 30.8. The van der Waals surface area contributed by atoms with Gasteiger partial charge in [0, 0.05) is 49.1 Å². The Kier molecular flexibility index (Phi) is 8.96. The number of carbonyl (C=O) groups is 1. The lowest BCUT2D eigenvalue weighted by Crippen LogP contribution is -2.47. The molecule has 1 amide bonds. The molecule has 0 radical (unpaired) electrons. The first-order valence-electron chi connectivity index (χ1n) is 14.5. The maximum atomic E-state index is 14.4. The SMILES string of the molecule is C[C@H](CO)N1C[C@H](C)[C@@H](CN(C)Cc2ccc(C(F)(F)F)cc2)OCc2ccccc2-c2c(n(C)c3ccccc23)C1=O. The molecule has 228 valence electrons. The number of benzene rings is 3. The smallest absolute Gasteiger partial charge is 0.394 e. The van der Waals surface area contributed by atoms with Gasteiger partial charge < -0.3 is 19.3 Å². The van der Waals surface area contributed by atoms with Crippen LogP contribution < -0.4 is 0 Å². The van der Waals surface area contributed by atoms with Gasteiger partial charge in [-0.1, -0.05) is 61.5 Å². The number of aliphatic hydroxyl groups is 1. The molecule has 9 heteroatoms. The molecular formula is C34H38F3N3O3. The summed E-state index contributed by atoms with van der Waals surface area (Å²) in [6.07, 6.45) is -4.67. The highest BCUT2D eigenvalue weighted by Crippen LogP contribution is 2.38. The van der Waals surface area contributed by atoms with Crippen molar-refractivity contribution in [2.75, 3.05) is 26.7 Å². The zero-order valence-electron chi connectivity index (χ0n) is 24.9. The second kappa shape index (κ2) is 12.5. The molecule has 1 N–H and O–H groups in total. The summed E-state index contributed by atoms with van der Waals surface area (Å²) >= 11 is 0. The summed E-state index contributed by atoms with van der Waals surface area (Å²) in [7, 11) is 3.82. The van der Waals surface area contributed by atoms with Crippen LogP contribution in [0.3, 0.4) is 0 Å². The van der Waals surface area contributed by atoms with Crippen LogP contribution in [0.15, 0.2) is 72.8 Å². The van der Waals surface area contributed by atoms with E-state index in [2.05, 4.69) is 0 Å². The second-order valence-corrected chi connectivity index (χ2v) is 11.7. The summed E-state index contributed by atoms with van der Waals surface area (Å²) in [5.74, 6) is -0.271. The van der Waals surface area contributed by atoms with Crippen molar-refractivity contribution in [2.24, 2.45) is 13.0 Å². The zero-order chi connectivity index (χ0) is 30.9. The Balaban J connectivity index is 1.51. The van der Waals surface area contributed by atoms with Crippen molar-refractivity contribution in [3.05, 3.63) is 95.2 Å². The third kappa shape index (κ3) is 6.34. The Bertz CT molecular complexity index is 1580. The molecule has 4 aromatic rings. The molecule has 3 aromatic carbocycles. The summed E-state index contributed by atoms with van der Waals surface area (Å²) < 4.78 is 47.7. The van der Waals surface area contributed by atoms with Gasteiger partial charge in [-0.3, -0.25) is 9.69 Å². The van der Waals surface area contributed by atoms with Gasteiger partial charge in [0.05, 0.1) is 30.9 Å². The van der Waals surface area contributed by atoms with Crippen LogP contribution in [0.5, 0.6) is 0 Å². The Morgan fingerprint density at radius 2 is 1.72 bits per heavy atom. The van der Waals surface area contributed by atoms with E-state index in [9.17, 15) is 23.1 Å². The topological polar surface area (TPSA) is 57.9 Å². The molecule has 0 fully saturated rings. The summed E-state index contributed by atoms with van der Waals surface area (Å²) in [5.41, 5.74) is 4.33. The number of fused-ring (bicyclic) bond motifs is 5. The summed E-state index contributed by atoms with van der Waals surface area (Å²) in [6.45, 7) is 5.31. The van der Waals surface area contributed by atoms with Gasteiger partial charge in [-0.25, -0.2) is 0 Å². The number of aryl methyl sites for hydroxylation is 1. The third-order valence-corrected chi connectivity index (χ3v) is 8.45. The molecule has 1 aliphatic heterocycles. The standard InChI is InChI=1S/C34H38F3N3O3/c1-22-17-40(23(2)20-41)33(42)32-31(28-11-7-8-12-29(28)39(32)4)27-10-6-5-9-25(27)21-43-30(22)19-38(3)18-24-13-15-26(16-14-24)34(35,36)37/h5-16,22-23,30,41H,17-21H2,1-4H3/t22-,23+,30+/m0/s1. The van der Waals surface area contributed by atoms with Gasteiger partial charge >= 0.3 is 6.18 Å². The van der Waals surface area contributed by atoms with E-state index in [0.717, 1.165) is 45.3 Å². The number of nitrogens with zero attached hydrogens (tertiary/aromatic N) is 3. The quantitative estimate of drug-likeness (QED) is 0.283. The van der Waals surface area contributed by atoms with E-state index in [4.69, 9.17) is 4.74 Å². The van der Waals surface area contributed by atoms with Crippen molar-refractivity contribution in [1.29, 1.82) is 0 Å². The van der Waals surface area contributed by atoms with E-state index in [1.807, 2.05) is 85.9 Å². The normalized spacial score (nSPS) is 18.8. The first-order valence-corrected chi connectivity index (χ1v) is 14.5. The van der Waals surface area contributed by atoms with Gasteiger partial charge in [0.1, 0.15) is 5.69 Å². The second-order valence-electron chi connectivity index (χ2n) is 11.7. The van der Waals surface area contributed by atoms with E-state index < -0.39 is 17.8 Å². The number of rotatable bonds is 6. The van der Waals surface area contributed by atoms with E-state index in [1.54, 1.807) is 4.90 Å². The van der Waals surface area contributed by atoms with Crippen LogP contribution in [0, 0.1) is 5.92 Å². The lowest BCUT2D eigenvalue weighted by molar-refractivity contribution is -0.137. The fraction of sp³-hybridized carbons (Fsp3) is 0.382. The van der Waals surface area contributed by atoms with Crippen molar-refractivity contribution < 1.29 is 27.8 Å². The lowest BCUT2D eigenvalue weighted by atomic mass is 9.96. The van der Waals surface area contributed by atoms with Gasteiger partial charge in [-0.05, 0) is 48.9 Å².